The number of hydrogen-bond acceptors (Lipinski definition) is 2. The molecule has 1 aromatic carbocycles. The van der Waals surface area contributed by atoms with E-state index in [1.807, 2.05) is 6.07 Å². The van der Waals surface area contributed by atoms with Crippen molar-refractivity contribution in [2.75, 3.05) is 0 Å². The first-order valence-electron chi connectivity index (χ1n) is 5.38. The highest BCUT2D eigenvalue weighted by Crippen LogP contribution is 2.30. The summed E-state index contributed by atoms with van der Waals surface area (Å²) in [4.78, 5) is 11.4. The standard InChI is InChI=1S/C12H15F3N2O/c1-11(16,12(13,14)15)7-10(18)17-8-9-5-3-2-4-6-9/h2-6H,7-8,16H2,1H3,(H,17,18). The normalized spacial score (nSPS) is 14.9. The first-order chi connectivity index (χ1) is 8.22. The Hall–Kier alpha value is -1.56. The molecule has 0 spiro atoms. The maximum atomic E-state index is 12.5. The minimum absolute atomic E-state index is 0.188. The largest absolute Gasteiger partial charge is 0.406 e. The molecule has 0 aliphatic heterocycles. The second-order valence-corrected chi connectivity index (χ2v) is 4.35. The number of carbonyl (C=O) groups is 1. The van der Waals surface area contributed by atoms with E-state index in [0.29, 0.717) is 0 Å². The third-order valence-electron chi connectivity index (χ3n) is 2.51. The zero-order valence-corrected chi connectivity index (χ0v) is 9.92. The second-order valence-electron chi connectivity index (χ2n) is 4.35. The SMILES string of the molecule is CC(N)(CC(=O)NCc1ccccc1)C(F)(F)F. The van der Waals surface area contributed by atoms with E-state index in [-0.39, 0.29) is 6.54 Å². The van der Waals surface area contributed by atoms with Gasteiger partial charge in [-0.25, -0.2) is 0 Å². The van der Waals surface area contributed by atoms with Crippen molar-refractivity contribution in [2.45, 2.75) is 31.6 Å². The van der Waals surface area contributed by atoms with Gasteiger partial charge >= 0.3 is 6.18 Å². The summed E-state index contributed by atoms with van der Waals surface area (Å²) in [5, 5.41) is 2.41. The first kappa shape index (κ1) is 14.5. The molecule has 3 nitrogen and oxygen atoms in total. The third-order valence-corrected chi connectivity index (χ3v) is 2.51. The van der Waals surface area contributed by atoms with Crippen molar-refractivity contribution in [2.24, 2.45) is 5.73 Å². The molecule has 0 aliphatic carbocycles. The van der Waals surface area contributed by atoms with Crippen LogP contribution in [0.5, 0.6) is 0 Å². The topological polar surface area (TPSA) is 55.1 Å². The number of benzene rings is 1. The molecule has 1 atom stereocenters. The average Bonchev–Trinajstić information content (AvgIpc) is 2.26. The molecule has 0 bridgehead atoms. The molecule has 1 amide bonds. The maximum absolute atomic E-state index is 12.5. The van der Waals surface area contributed by atoms with E-state index in [0.717, 1.165) is 12.5 Å². The van der Waals surface area contributed by atoms with Crippen molar-refractivity contribution >= 4 is 5.91 Å². The van der Waals surface area contributed by atoms with Crippen LogP contribution >= 0.6 is 0 Å². The fraction of sp³-hybridized carbons (Fsp3) is 0.417. The Labute approximate surface area is 103 Å². The number of amides is 1. The van der Waals surface area contributed by atoms with Crippen LogP contribution in [0.1, 0.15) is 18.9 Å². The Morgan fingerprint density at radius 3 is 2.33 bits per heavy atom. The van der Waals surface area contributed by atoms with Crippen LogP contribution in [0, 0.1) is 0 Å². The van der Waals surface area contributed by atoms with Crippen LogP contribution in [0.15, 0.2) is 30.3 Å². The van der Waals surface area contributed by atoms with Gasteiger partial charge in [-0.3, -0.25) is 4.79 Å². The number of carbonyl (C=O) groups excluding carboxylic acids is 1. The molecule has 0 saturated carbocycles. The molecular formula is C12H15F3N2O. The predicted molar refractivity (Wildman–Crippen MR) is 61.6 cm³/mol. The summed E-state index contributed by atoms with van der Waals surface area (Å²) in [7, 11) is 0. The van der Waals surface area contributed by atoms with Gasteiger partial charge in [0.2, 0.25) is 5.91 Å². The van der Waals surface area contributed by atoms with E-state index < -0.39 is 24.0 Å². The molecule has 0 radical (unpaired) electrons. The third kappa shape index (κ3) is 4.03. The van der Waals surface area contributed by atoms with E-state index >= 15 is 0 Å². The van der Waals surface area contributed by atoms with E-state index in [1.54, 1.807) is 24.3 Å². The van der Waals surface area contributed by atoms with Crippen LogP contribution in [0.2, 0.25) is 0 Å². The first-order valence-corrected chi connectivity index (χ1v) is 5.38. The lowest BCUT2D eigenvalue weighted by Gasteiger charge is -2.26. The highest BCUT2D eigenvalue weighted by atomic mass is 19.4. The molecular weight excluding hydrogens is 245 g/mol. The van der Waals surface area contributed by atoms with Gasteiger partial charge in [0.25, 0.3) is 0 Å². The Morgan fingerprint density at radius 2 is 1.83 bits per heavy atom. The van der Waals surface area contributed by atoms with Gasteiger partial charge < -0.3 is 11.1 Å². The van der Waals surface area contributed by atoms with Gasteiger partial charge in [0.1, 0.15) is 5.54 Å². The lowest BCUT2D eigenvalue weighted by molar-refractivity contribution is -0.184. The molecule has 100 valence electrons. The van der Waals surface area contributed by atoms with Gasteiger partial charge in [-0.05, 0) is 12.5 Å². The molecule has 0 aromatic heterocycles. The number of nitrogens with two attached hydrogens (primary N) is 1. The average molecular weight is 260 g/mol. The minimum atomic E-state index is -4.60. The molecule has 0 saturated heterocycles. The summed E-state index contributed by atoms with van der Waals surface area (Å²) < 4.78 is 37.4. The van der Waals surface area contributed by atoms with E-state index in [2.05, 4.69) is 5.32 Å². The van der Waals surface area contributed by atoms with Crippen molar-refractivity contribution in [1.29, 1.82) is 0 Å². The molecule has 1 unspecified atom stereocenters. The highest BCUT2D eigenvalue weighted by Gasteiger charge is 2.49. The Morgan fingerprint density at radius 1 is 1.28 bits per heavy atom. The van der Waals surface area contributed by atoms with E-state index in [4.69, 9.17) is 5.73 Å². The monoisotopic (exact) mass is 260 g/mol. The van der Waals surface area contributed by atoms with Crippen molar-refractivity contribution in [3.8, 4) is 0 Å². The summed E-state index contributed by atoms with van der Waals surface area (Å²) >= 11 is 0. The fourth-order valence-corrected chi connectivity index (χ4v) is 1.29. The van der Waals surface area contributed by atoms with Gasteiger partial charge in [0, 0.05) is 6.54 Å². The summed E-state index contributed by atoms with van der Waals surface area (Å²) in [5.74, 6) is -0.721. The lowest BCUT2D eigenvalue weighted by atomic mass is 9.98. The minimum Gasteiger partial charge on any atom is -0.352 e. The van der Waals surface area contributed by atoms with Crippen molar-refractivity contribution in [3.63, 3.8) is 0 Å². The molecule has 0 heterocycles. The van der Waals surface area contributed by atoms with Crippen LogP contribution in [0.4, 0.5) is 13.2 Å². The Kier molecular flexibility index (Phi) is 4.34. The van der Waals surface area contributed by atoms with Crippen molar-refractivity contribution in [3.05, 3.63) is 35.9 Å². The number of nitrogens with one attached hydrogen (secondary N) is 1. The van der Waals surface area contributed by atoms with Crippen LogP contribution in [0.3, 0.4) is 0 Å². The number of rotatable bonds is 4. The molecule has 0 aliphatic rings. The molecule has 18 heavy (non-hydrogen) atoms. The number of halogens is 3. The molecule has 1 aromatic rings. The van der Waals surface area contributed by atoms with Crippen LogP contribution < -0.4 is 11.1 Å². The van der Waals surface area contributed by atoms with Crippen molar-refractivity contribution in [1.82, 2.24) is 5.32 Å². The lowest BCUT2D eigenvalue weighted by Crippen LogP contribution is -2.53. The fourth-order valence-electron chi connectivity index (χ4n) is 1.29. The molecule has 6 heteroatoms. The van der Waals surface area contributed by atoms with Crippen LogP contribution in [0.25, 0.3) is 0 Å². The van der Waals surface area contributed by atoms with Gasteiger partial charge in [-0.1, -0.05) is 30.3 Å². The number of hydrogen-bond donors (Lipinski definition) is 2. The molecule has 1 rings (SSSR count). The van der Waals surface area contributed by atoms with E-state index in [1.165, 1.54) is 0 Å². The smallest absolute Gasteiger partial charge is 0.352 e. The summed E-state index contributed by atoms with van der Waals surface area (Å²) in [5.41, 5.74) is 3.39. The second kappa shape index (κ2) is 5.39. The zero-order chi connectivity index (χ0) is 13.8. The van der Waals surface area contributed by atoms with Gasteiger partial charge in [-0.2, -0.15) is 13.2 Å². The van der Waals surface area contributed by atoms with Gasteiger partial charge in [0.05, 0.1) is 6.42 Å². The maximum Gasteiger partial charge on any atom is 0.406 e. The predicted octanol–water partition coefficient (Wildman–Crippen LogP) is 1.97. The van der Waals surface area contributed by atoms with Gasteiger partial charge in [0.15, 0.2) is 0 Å². The molecule has 0 fully saturated rings. The Balaban J connectivity index is 2.48. The summed E-state index contributed by atoms with van der Waals surface area (Å²) in [6, 6.07) is 8.91. The van der Waals surface area contributed by atoms with Gasteiger partial charge in [-0.15, -0.1) is 0 Å². The van der Waals surface area contributed by atoms with Crippen LogP contribution in [-0.4, -0.2) is 17.6 Å². The Bertz CT molecular complexity index is 402. The van der Waals surface area contributed by atoms with E-state index in [9.17, 15) is 18.0 Å². The summed E-state index contributed by atoms with van der Waals surface area (Å²) in [6.45, 7) is 0.989. The molecule has 3 N–H and O–H groups in total. The number of alkyl halides is 3. The quantitative estimate of drug-likeness (QED) is 0.869. The zero-order valence-electron chi connectivity index (χ0n) is 9.92. The van der Waals surface area contributed by atoms with Crippen LogP contribution in [-0.2, 0) is 11.3 Å². The highest BCUT2D eigenvalue weighted by molar-refractivity contribution is 5.77. The summed E-state index contributed by atoms with van der Waals surface area (Å²) in [6.07, 6.45) is -5.39. The van der Waals surface area contributed by atoms with Crippen molar-refractivity contribution < 1.29 is 18.0 Å².